The van der Waals surface area contributed by atoms with Crippen molar-refractivity contribution in [2.24, 2.45) is 17.3 Å². The van der Waals surface area contributed by atoms with Crippen LogP contribution < -0.4 is 0 Å². The van der Waals surface area contributed by atoms with Crippen LogP contribution in [0.3, 0.4) is 0 Å². The minimum atomic E-state index is -0.0135. The Morgan fingerprint density at radius 1 is 1.14 bits per heavy atom. The van der Waals surface area contributed by atoms with E-state index in [4.69, 9.17) is 4.74 Å². The van der Waals surface area contributed by atoms with Crippen molar-refractivity contribution in [1.82, 2.24) is 0 Å². The van der Waals surface area contributed by atoms with Crippen LogP contribution in [0.4, 0.5) is 0 Å². The van der Waals surface area contributed by atoms with Gasteiger partial charge in [0.25, 0.3) is 0 Å². The van der Waals surface area contributed by atoms with Crippen LogP contribution in [0, 0.1) is 17.3 Å². The van der Waals surface area contributed by atoms with Crippen LogP contribution in [0.2, 0.25) is 0 Å². The Kier molecular flexibility index (Phi) is 1.37. The molecule has 2 saturated heterocycles. The highest BCUT2D eigenvalue weighted by molar-refractivity contribution is 5.14. The second-order valence-electron chi connectivity index (χ2n) is 5.90. The lowest BCUT2D eigenvalue weighted by Gasteiger charge is -2.51. The van der Waals surface area contributed by atoms with E-state index in [1.165, 1.54) is 32.1 Å². The third-order valence-corrected chi connectivity index (χ3v) is 5.48. The van der Waals surface area contributed by atoms with Crippen molar-refractivity contribution in [1.29, 1.82) is 0 Å². The average Bonchev–Trinajstić information content (AvgIpc) is 2.60. The zero-order chi connectivity index (χ0) is 9.34. The molecule has 0 radical (unpaired) electrons. The van der Waals surface area contributed by atoms with E-state index in [0.717, 1.165) is 12.3 Å². The molecule has 0 aromatic rings. The predicted molar refractivity (Wildman–Crippen MR) is 51.8 cm³/mol. The van der Waals surface area contributed by atoms with Crippen LogP contribution in [-0.2, 0) is 4.74 Å². The minimum absolute atomic E-state index is 0.0135. The maximum absolute atomic E-state index is 10.3. The zero-order valence-electron chi connectivity index (χ0n) is 8.48. The monoisotopic (exact) mass is 194 g/mol. The normalized spacial score (nSPS) is 64.5. The Morgan fingerprint density at radius 2 is 2.07 bits per heavy atom. The van der Waals surface area contributed by atoms with Crippen molar-refractivity contribution in [2.45, 2.75) is 56.8 Å². The lowest BCUT2D eigenvalue weighted by molar-refractivity contribution is -0.155. The molecule has 5 aliphatic rings. The van der Waals surface area contributed by atoms with Gasteiger partial charge in [-0.1, -0.05) is 6.42 Å². The minimum Gasteiger partial charge on any atom is -0.393 e. The smallest absolute Gasteiger partial charge is 0.0617 e. The lowest BCUT2D eigenvalue weighted by atomic mass is 9.58. The topological polar surface area (TPSA) is 29.5 Å². The summed E-state index contributed by atoms with van der Waals surface area (Å²) in [6.07, 6.45) is 8.31. The SMILES string of the molecule is O[C@H]1CCC[C@@H]2[C@@H]3C[C@@H]4C[C@@]21C[C@@H]4O3. The van der Waals surface area contributed by atoms with Gasteiger partial charge in [0, 0.05) is 5.41 Å². The number of hydrogen-bond donors (Lipinski definition) is 1. The van der Waals surface area contributed by atoms with Crippen LogP contribution in [0.15, 0.2) is 0 Å². The van der Waals surface area contributed by atoms with Crippen LogP contribution in [0.25, 0.3) is 0 Å². The van der Waals surface area contributed by atoms with E-state index in [1.54, 1.807) is 0 Å². The zero-order valence-corrected chi connectivity index (χ0v) is 8.48. The molecule has 14 heavy (non-hydrogen) atoms. The van der Waals surface area contributed by atoms with Crippen molar-refractivity contribution in [3.05, 3.63) is 0 Å². The van der Waals surface area contributed by atoms with Gasteiger partial charge in [-0.05, 0) is 43.9 Å². The molecule has 0 aromatic carbocycles. The Balaban J connectivity index is 1.79. The molecule has 2 heterocycles. The van der Waals surface area contributed by atoms with Crippen LogP contribution in [0.5, 0.6) is 0 Å². The summed E-state index contributed by atoms with van der Waals surface area (Å²) in [5.41, 5.74) is 0.300. The van der Waals surface area contributed by atoms with Gasteiger partial charge in [0.05, 0.1) is 18.3 Å². The quantitative estimate of drug-likeness (QED) is 0.636. The van der Waals surface area contributed by atoms with Gasteiger partial charge in [0.1, 0.15) is 0 Å². The summed E-state index contributed by atoms with van der Waals surface area (Å²) in [5.74, 6) is 1.49. The van der Waals surface area contributed by atoms with Gasteiger partial charge in [0.15, 0.2) is 0 Å². The highest BCUT2D eigenvalue weighted by Crippen LogP contribution is 2.65. The molecule has 2 nitrogen and oxygen atoms in total. The molecule has 5 fully saturated rings. The van der Waals surface area contributed by atoms with E-state index in [-0.39, 0.29) is 6.10 Å². The second-order valence-corrected chi connectivity index (χ2v) is 5.90. The van der Waals surface area contributed by atoms with Gasteiger partial charge in [0.2, 0.25) is 0 Å². The van der Waals surface area contributed by atoms with E-state index in [0.29, 0.717) is 23.5 Å². The first-order valence-electron chi connectivity index (χ1n) is 6.13. The molecule has 0 amide bonds. The third-order valence-electron chi connectivity index (χ3n) is 5.48. The lowest BCUT2D eigenvalue weighted by Crippen LogP contribution is -2.52. The number of aliphatic hydroxyl groups excluding tert-OH is 1. The van der Waals surface area contributed by atoms with Crippen molar-refractivity contribution >= 4 is 0 Å². The van der Waals surface area contributed by atoms with Crippen molar-refractivity contribution in [3.63, 3.8) is 0 Å². The van der Waals surface area contributed by atoms with E-state index < -0.39 is 0 Å². The van der Waals surface area contributed by atoms with E-state index in [1.807, 2.05) is 0 Å². The molecular weight excluding hydrogens is 176 g/mol. The summed E-state index contributed by atoms with van der Waals surface area (Å²) in [4.78, 5) is 0. The van der Waals surface area contributed by atoms with Gasteiger partial charge in [-0.25, -0.2) is 0 Å². The number of ether oxygens (including phenoxy) is 1. The van der Waals surface area contributed by atoms with E-state index >= 15 is 0 Å². The molecule has 0 aromatic heterocycles. The maximum Gasteiger partial charge on any atom is 0.0617 e. The number of hydrogen-bond acceptors (Lipinski definition) is 2. The summed E-state index contributed by atoms with van der Waals surface area (Å²) in [6, 6.07) is 0. The first-order valence-corrected chi connectivity index (χ1v) is 6.13. The Labute approximate surface area is 84.6 Å². The molecule has 6 atom stereocenters. The maximum atomic E-state index is 10.3. The standard InChI is InChI=1S/C12H18O2/c13-11-3-1-2-8-9-4-7-5-12(8,11)6-10(7)14-9/h7-11,13H,1-6H2/t7-,8-,9+,10+,11+,12-/m1/s1. The van der Waals surface area contributed by atoms with Gasteiger partial charge in [-0.15, -0.1) is 0 Å². The van der Waals surface area contributed by atoms with Gasteiger partial charge >= 0.3 is 0 Å². The third kappa shape index (κ3) is 0.737. The Morgan fingerprint density at radius 3 is 2.93 bits per heavy atom. The van der Waals surface area contributed by atoms with E-state index in [2.05, 4.69) is 0 Å². The highest BCUT2D eigenvalue weighted by atomic mass is 16.5. The summed E-state index contributed by atoms with van der Waals surface area (Å²) < 4.78 is 6.05. The molecule has 3 saturated carbocycles. The van der Waals surface area contributed by atoms with Crippen LogP contribution in [0.1, 0.15) is 38.5 Å². The van der Waals surface area contributed by atoms with Crippen LogP contribution >= 0.6 is 0 Å². The first-order chi connectivity index (χ1) is 6.79. The fraction of sp³-hybridized carbons (Fsp3) is 1.00. The second kappa shape index (κ2) is 2.35. The molecule has 3 aliphatic carbocycles. The molecule has 5 rings (SSSR count). The molecule has 2 aliphatic heterocycles. The van der Waals surface area contributed by atoms with Gasteiger partial charge < -0.3 is 9.84 Å². The van der Waals surface area contributed by atoms with E-state index in [9.17, 15) is 5.11 Å². The molecular formula is C12H18O2. The fourth-order valence-corrected chi connectivity index (χ4v) is 4.96. The average molecular weight is 194 g/mol. The Hall–Kier alpha value is -0.0800. The highest BCUT2D eigenvalue weighted by Gasteiger charge is 2.65. The Bertz CT molecular complexity index is 261. The summed E-state index contributed by atoms with van der Waals surface area (Å²) >= 11 is 0. The van der Waals surface area contributed by atoms with Crippen molar-refractivity contribution < 1.29 is 9.84 Å². The molecule has 4 bridgehead atoms. The van der Waals surface area contributed by atoms with Crippen molar-refractivity contribution in [3.8, 4) is 0 Å². The molecule has 1 spiro atoms. The van der Waals surface area contributed by atoms with Gasteiger partial charge in [-0.2, -0.15) is 0 Å². The largest absolute Gasteiger partial charge is 0.393 e. The summed E-state index contributed by atoms with van der Waals surface area (Å²) in [7, 11) is 0. The molecule has 0 unspecified atom stereocenters. The number of aliphatic hydroxyl groups is 1. The molecule has 78 valence electrons. The first kappa shape index (κ1) is 8.12. The number of rotatable bonds is 0. The predicted octanol–water partition coefficient (Wildman–Crippen LogP) is 1.71. The molecule has 1 N–H and O–H groups in total. The summed E-state index contributed by atoms with van der Waals surface area (Å²) in [5, 5.41) is 10.3. The fourth-order valence-electron chi connectivity index (χ4n) is 4.96. The van der Waals surface area contributed by atoms with Crippen molar-refractivity contribution in [2.75, 3.05) is 0 Å². The molecule has 2 heteroatoms. The van der Waals surface area contributed by atoms with Crippen LogP contribution in [-0.4, -0.2) is 23.4 Å². The van der Waals surface area contributed by atoms with Gasteiger partial charge in [-0.3, -0.25) is 0 Å². The summed E-state index contributed by atoms with van der Waals surface area (Å²) in [6.45, 7) is 0.